The number of anilines is 1. The largest absolute Gasteiger partial charge is 0.332 e. The number of halogens is 1. The highest BCUT2D eigenvalue weighted by molar-refractivity contribution is 7.88. The third kappa shape index (κ3) is 5.19. The predicted octanol–water partition coefficient (Wildman–Crippen LogP) is 0.455. The maximum atomic E-state index is 12.2. The lowest BCUT2D eigenvalue weighted by Gasteiger charge is -2.34. The van der Waals surface area contributed by atoms with E-state index in [1.54, 1.807) is 29.2 Å². The molecule has 1 aliphatic heterocycles. The summed E-state index contributed by atoms with van der Waals surface area (Å²) in [5, 5.41) is 0.542. The smallest absolute Gasteiger partial charge is 0.246 e. The Morgan fingerprint density at radius 2 is 2.09 bits per heavy atom. The molecule has 9 heteroatoms. The zero-order chi connectivity index (χ0) is 17.0. The van der Waals surface area contributed by atoms with Crippen LogP contribution in [0.15, 0.2) is 24.3 Å². The highest BCUT2D eigenvalue weighted by Crippen LogP contribution is 2.21. The maximum Gasteiger partial charge on any atom is 0.246 e. The molecule has 0 atom stereocenters. The van der Waals surface area contributed by atoms with Gasteiger partial charge in [-0.25, -0.2) is 13.1 Å². The highest BCUT2D eigenvalue weighted by atomic mass is 35.5. The number of rotatable bonds is 5. The fourth-order valence-electron chi connectivity index (χ4n) is 2.30. The van der Waals surface area contributed by atoms with Crippen molar-refractivity contribution in [2.75, 3.05) is 37.3 Å². The lowest BCUT2D eigenvalue weighted by molar-refractivity contribution is -0.136. The van der Waals surface area contributed by atoms with E-state index in [1.165, 1.54) is 4.90 Å². The lowest BCUT2D eigenvalue weighted by Crippen LogP contribution is -2.52. The van der Waals surface area contributed by atoms with E-state index < -0.39 is 10.0 Å². The molecule has 1 saturated heterocycles. The van der Waals surface area contributed by atoms with Crippen LogP contribution in [0.5, 0.6) is 0 Å². The number of piperazine rings is 1. The molecule has 1 fully saturated rings. The summed E-state index contributed by atoms with van der Waals surface area (Å²) in [5.41, 5.74) is 0.702. The van der Waals surface area contributed by atoms with Crippen LogP contribution < -0.4 is 9.62 Å². The summed E-state index contributed by atoms with van der Waals surface area (Å²) in [6.45, 7) is 0.783. The first-order valence-corrected chi connectivity index (χ1v) is 9.31. The minimum atomic E-state index is -3.32. The highest BCUT2D eigenvalue weighted by Gasteiger charge is 2.27. The normalized spacial score (nSPS) is 15.8. The first-order valence-electron chi connectivity index (χ1n) is 7.04. The van der Waals surface area contributed by atoms with Crippen molar-refractivity contribution in [3.8, 4) is 0 Å². The molecule has 1 N–H and O–H groups in total. The number of hydrogen-bond acceptors (Lipinski definition) is 4. The molecule has 0 saturated carbocycles. The minimum Gasteiger partial charge on any atom is -0.332 e. The van der Waals surface area contributed by atoms with Gasteiger partial charge in [0.25, 0.3) is 0 Å². The lowest BCUT2D eigenvalue weighted by atomic mass is 10.2. The number of sulfonamides is 1. The van der Waals surface area contributed by atoms with E-state index in [0.29, 0.717) is 23.8 Å². The van der Waals surface area contributed by atoms with Gasteiger partial charge in [-0.05, 0) is 18.2 Å². The van der Waals surface area contributed by atoms with Crippen LogP contribution in [0.2, 0.25) is 5.02 Å². The average Bonchev–Trinajstić information content (AvgIpc) is 2.45. The van der Waals surface area contributed by atoms with Crippen molar-refractivity contribution in [1.29, 1.82) is 0 Å². The molecule has 23 heavy (non-hydrogen) atoms. The molecule has 0 spiro atoms. The number of amides is 2. The first-order chi connectivity index (χ1) is 10.8. The first kappa shape index (κ1) is 17.7. The average molecular weight is 360 g/mol. The SMILES string of the molecule is CS(=O)(=O)NCCC(=O)N1CCN(c2cccc(Cl)c2)C(=O)C1. The summed E-state index contributed by atoms with van der Waals surface area (Å²) in [7, 11) is -3.32. The van der Waals surface area contributed by atoms with Gasteiger partial charge in [0, 0.05) is 36.8 Å². The van der Waals surface area contributed by atoms with Crippen molar-refractivity contribution in [1.82, 2.24) is 9.62 Å². The molecule has 1 aromatic rings. The molecule has 0 aliphatic carbocycles. The van der Waals surface area contributed by atoms with Crippen molar-refractivity contribution in [2.45, 2.75) is 6.42 Å². The quantitative estimate of drug-likeness (QED) is 0.827. The van der Waals surface area contributed by atoms with Gasteiger partial charge in [0.2, 0.25) is 21.8 Å². The minimum absolute atomic E-state index is 0.0236. The Labute approximate surface area is 140 Å². The van der Waals surface area contributed by atoms with Crippen LogP contribution in [0.25, 0.3) is 0 Å². The molecule has 2 rings (SSSR count). The summed E-state index contributed by atoms with van der Waals surface area (Å²) >= 11 is 5.93. The van der Waals surface area contributed by atoms with E-state index in [4.69, 9.17) is 11.6 Å². The fourth-order valence-corrected chi connectivity index (χ4v) is 2.96. The van der Waals surface area contributed by atoms with Gasteiger partial charge in [0.05, 0.1) is 6.26 Å². The van der Waals surface area contributed by atoms with E-state index in [1.807, 2.05) is 0 Å². The fraction of sp³-hybridized carbons (Fsp3) is 0.429. The second-order valence-electron chi connectivity index (χ2n) is 5.26. The Hall–Kier alpha value is -1.64. The summed E-state index contributed by atoms with van der Waals surface area (Å²) < 4.78 is 24.2. The van der Waals surface area contributed by atoms with Crippen LogP contribution in [-0.2, 0) is 19.6 Å². The second kappa shape index (κ2) is 7.29. The molecule has 126 valence electrons. The molecule has 0 unspecified atom stereocenters. The summed E-state index contributed by atoms with van der Waals surface area (Å²) in [6, 6.07) is 6.98. The van der Waals surface area contributed by atoms with Crippen LogP contribution in [0.4, 0.5) is 5.69 Å². The number of carbonyl (C=O) groups is 2. The van der Waals surface area contributed by atoms with Crippen molar-refractivity contribution in [2.24, 2.45) is 0 Å². The molecule has 0 radical (unpaired) electrons. The summed E-state index contributed by atoms with van der Waals surface area (Å²) in [6.07, 6.45) is 1.06. The Morgan fingerprint density at radius 1 is 1.35 bits per heavy atom. The Bertz CT molecular complexity index is 708. The number of nitrogens with zero attached hydrogens (tertiary/aromatic N) is 2. The molecule has 1 aliphatic rings. The third-order valence-corrected chi connectivity index (χ3v) is 4.36. The van der Waals surface area contributed by atoms with Gasteiger partial charge in [-0.3, -0.25) is 9.59 Å². The van der Waals surface area contributed by atoms with Gasteiger partial charge in [0.1, 0.15) is 6.54 Å². The maximum absolute atomic E-state index is 12.2. The Morgan fingerprint density at radius 3 is 2.70 bits per heavy atom. The summed E-state index contributed by atoms with van der Waals surface area (Å²) in [5.74, 6) is -0.441. The van der Waals surface area contributed by atoms with Crippen molar-refractivity contribution < 1.29 is 18.0 Å². The number of carbonyl (C=O) groups excluding carboxylic acids is 2. The number of nitrogens with one attached hydrogen (secondary N) is 1. The zero-order valence-electron chi connectivity index (χ0n) is 12.7. The molecule has 0 bridgehead atoms. The molecule has 2 amide bonds. The molecule has 1 aromatic carbocycles. The van der Waals surface area contributed by atoms with Crippen molar-refractivity contribution >= 4 is 39.1 Å². The third-order valence-electron chi connectivity index (χ3n) is 3.40. The van der Waals surface area contributed by atoms with Crippen molar-refractivity contribution in [3.05, 3.63) is 29.3 Å². The van der Waals surface area contributed by atoms with Gasteiger partial charge in [-0.15, -0.1) is 0 Å². The van der Waals surface area contributed by atoms with Gasteiger partial charge < -0.3 is 9.80 Å². The van der Waals surface area contributed by atoms with Crippen molar-refractivity contribution in [3.63, 3.8) is 0 Å². The monoisotopic (exact) mass is 359 g/mol. The predicted molar refractivity (Wildman–Crippen MR) is 87.8 cm³/mol. The molecular weight excluding hydrogens is 342 g/mol. The zero-order valence-corrected chi connectivity index (χ0v) is 14.2. The van der Waals surface area contributed by atoms with Gasteiger partial charge in [0.15, 0.2) is 0 Å². The van der Waals surface area contributed by atoms with Gasteiger partial charge in [-0.1, -0.05) is 17.7 Å². The number of benzene rings is 1. The Kier molecular flexibility index (Phi) is 5.61. The van der Waals surface area contributed by atoms with Gasteiger partial charge >= 0.3 is 0 Å². The molecule has 1 heterocycles. The topological polar surface area (TPSA) is 86.8 Å². The van der Waals surface area contributed by atoms with Gasteiger partial charge in [-0.2, -0.15) is 0 Å². The van der Waals surface area contributed by atoms with Crippen LogP contribution in [0.3, 0.4) is 0 Å². The Balaban J connectivity index is 1.91. The van der Waals surface area contributed by atoms with E-state index >= 15 is 0 Å². The summed E-state index contributed by atoms with van der Waals surface area (Å²) in [4.78, 5) is 27.3. The van der Waals surface area contributed by atoms with Crippen LogP contribution >= 0.6 is 11.6 Å². The second-order valence-corrected chi connectivity index (χ2v) is 7.53. The van der Waals surface area contributed by atoms with Crippen LogP contribution in [0.1, 0.15) is 6.42 Å². The number of hydrogen-bond donors (Lipinski definition) is 1. The van der Waals surface area contributed by atoms with Crippen LogP contribution in [-0.4, -0.2) is 57.6 Å². The molecule has 0 aromatic heterocycles. The standard InChI is InChI=1S/C14H18ClN3O4S/c1-23(21,22)16-6-5-13(19)17-7-8-18(14(20)10-17)12-4-2-3-11(15)9-12/h2-4,9,16H,5-8,10H2,1H3. The molecule has 7 nitrogen and oxygen atoms in total. The van der Waals surface area contributed by atoms with Crippen LogP contribution in [0, 0.1) is 0 Å². The molecular formula is C14H18ClN3O4S. The van der Waals surface area contributed by atoms with E-state index in [9.17, 15) is 18.0 Å². The van der Waals surface area contributed by atoms with E-state index in [0.717, 1.165) is 6.26 Å². The van der Waals surface area contributed by atoms with E-state index in [2.05, 4.69) is 4.72 Å². The van der Waals surface area contributed by atoms with E-state index in [-0.39, 0.29) is 31.3 Å².